The number of unbranched alkanes of at least 4 members (excludes halogenated alkanes) is 1. The van der Waals surface area contributed by atoms with E-state index in [1.54, 1.807) is 0 Å². The molecule has 0 heterocycles. The van der Waals surface area contributed by atoms with Crippen molar-refractivity contribution in [3.05, 3.63) is 0 Å². The molecule has 0 radical (unpaired) electrons. The lowest BCUT2D eigenvalue weighted by molar-refractivity contribution is -0.288. The van der Waals surface area contributed by atoms with Crippen LogP contribution in [0.25, 0.3) is 0 Å². The van der Waals surface area contributed by atoms with E-state index in [2.05, 4.69) is 25.7 Å². The monoisotopic (exact) mass is 246 g/mol. The quantitative estimate of drug-likeness (QED) is 0.324. The van der Waals surface area contributed by atoms with Gasteiger partial charge in [0.05, 0.1) is 6.61 Å². The lowest BCUT2D eigenvalue weighted by Gasteiger charge is -2.26. The van der Waals surface area contributed by atoms with Gasteiger partial charge in [-0.25, -0.2) is 9.68 Å². The van der Waals surface area contributed by atoms with Crippen LogP contribution in [0.4, 0.5) is 0 Å². The minimum atomic E-state index is -0.883. The molecule has 4 heteroatoms. The second kappa shape index (κ2) is 7.67. The Morgan fingerprint density at radius 1 is 1.35 bits per heavy atom. The zero-order valence-corrected chi connectivity index (χ0v) is 11.7. The van der Waals surface area contributed by atoms with E-state index in [1.165, 1.54) is 0 Å². The van der Waals surface area contributed by atoms with Gasteiger partial charge in [0.1, 0.15) is 0 Å². The number of hydrogen-bond acceptors (Lipinski definition) is 4. The van der Waals surface area contributed by atoms with Gasteiger partial charge in [0.2, 0.25) is 0 Å². The van der Waals surface area contributed by atoms with E-state index in [0.717, 1.165) is 19.3 Å². The van der Waals surface area contributed by atoms with Crippen LogP contribution >= 0.6 is 0 Å². The summed E-state index contributed by atoms with van der Waals surface area (Å²) in [4.78, 5) is 15.9. The summed E-state index contributed by atoms with van der Waals surface area (Å²) in [7, 11) is 0. The number of carbonyl (C=O) groups is 1. The summed E-state index contributed by atoms with van der Waals surface area (Å²) in [6.07, 6.45) is 1.69. The van der Waals surface area contributed by atoms with Gasteiger partial charge >= 0.3 is 5.97 Å². The molecule has 0 rings (SSSR count). The maximum Gasteiger partial charge on any atom is 0.338 e. The fraction of sp³-hybridized carbons (Fsp3) is 0.923. The molecule has 0 aromatic heterocycles. The molecule has 0 spiro atoms. The highest BCUT2D eigenvalue weighted by Gasteiger charge is 2.30. The molecule has 0 bridgehead atoms. The van der Waals surface area contributed by atoms with Gasteiger partial charge in [-0.2, -0.15) is 0 Å². The Labute approximate surface area is 104 Å². The molecule has 102 valence electrons. The number of carbonyl (C=O) groups excluding carboxylic acids is 1. The first kappa shape index (κ1) is 16.4. The standard InChI is InChI=1S/C13H26O4/c1-6-7-8-16-12(14)11(17-15)10(2)9-13(3,4)5/h10-11,15H,6-9H2,1-5H3. The SMILES string of the molecule is CCCCOC(=O)C(OO)C(C)CC(C)(C)C. The van der Waals surface area contributed by atoms with E-state index in [0.29, 0.717) is 6.61 Å². The van der Waals surface area contributed by atoms with Gasteiger partial charge in [-0.05, 0) is 24.2 Å². The molecule has 0 saturated heterocycles. The predicted octanol–water partition coefficient (Wildman–Crippen LogP) is 3.26. The highest BCUT2D eigenvalue weighted by Crippen LogP contribution is 2.27. The van der Waals surface area contributed by atoms with Crippen LogP contribution < -0.4 is 0 Å². The second-order valence-corrected chi connectivity index (χ2v) is 5.79. The molecule has 0 fully saturated rings. The van der Waals surface area contributed by atoms with Crippen LogP contribution in [-0.4, -0.2) is 23.9 Å². The average molecular weight is 246 g/mol. The fourth-order valence-corrected chi connectivity index (χ4v) is 1.85. The van der Waals surface area contributed by atoms with Crippen LogP contribution in [-0.2, 0) is 14.4 Å². The molecule has 0 aromatic carbocycles. The molecule has 17 heavy (non-hydrogen) atoms. The number of rotatable bonds is 7. The summed E-state index contributed by atoms with van der Waals surface area (Å²) in [5, 5.41) is 8.82. The molecule has 4 nitrogen and oxygen atoms in total. The van der Waals surface area contributed by atoms with Gasteiger partial charge in [0, 0.05) is 0 Å². The van der Waals surface area contributed by atoms with Gasteiger partial charge in [-0.1, -0.05) is 41.0 Å². The average Bonchev–Trinajstić information content (AvgIpc) is 2.16. The molecule has 2 unspecified atom stereocenters. The summed E-state index contributed by atoms with van der Waals surface area (Å²) in [5.41, 5.74) is 0.0832. The van der Waals surface area contributed by atoms with Crippen molar-refractivity contribution in [2.75, 3.05) is 6.61 Å². The normalized spacial score (nSPS) is 15.4. The third kappa shape index (κ3) is 7.34. The van der Waals surface area contributed by atoms with Crippen molar-refractivity contribution < 1.29 is 19.7 Å². The minimum Gasteiger partial charge on any atom is -0.464 e. The Morgan fingerprint density at radius 3 is 2.35 bits per heavy atom. The predicted molar refractivity (Wildman–Crippen MR) is 66.6 cm³/mol. The lowest BCUT2D eigenvalue weighted by atomic mass is 9.83. The van der Waals surface area contributed by atoms with E-state index in [9.17, 15) is 4.79 Å². The Balaban J connectivity index is 4.24. The van der Waals surface area contributed by atoms with Gasteiger partial charge in [-0.3, -0.25) is 5.26 Å². The smallest absolute Gasteiger partial charge is 0.338 e. The Hall–Kier alpha value is -0.610. The molecular weight excluding hydrogens is 220 g/mol. The number of ether oxygens (including phenoxy) is 1. The molecule has 1 N–H and O–H groups in total. The molecule has 0 amide bonds. The summed E-state index contributed by atoms with van der Waals surface area (Å²) in [6.45, 7) is 10.5. The van der Waals surface area contributed by atoms with Crippen molar-refractivity contribution in [1.29, 1.82) is 0 Å². The largest absolute Gasteiger partial charge is 0.464 e. The lowest BCUT2D eigenvalue weighted by Crippen LogP contribution is -2.34. The van der Waals surface area contributed by atoms with Gasteiger partial charge in [0.15, 0.2) is 6.10 Å². The summed E-state index contributed by atoms with van der Waals surface area (Å²) < 4.78 is 5.05. The summed E-state index contributed by atoms with van der Waals surface area (Å²) in [5.74, 6) is -0.549. The summed E-state index contributed by atoms with van der Waals surface area (Å²) in [6, 6.07) is 0. The molecule has 0 saturated carbocycles. The Kier molecular flexibility index (Phi) is 7.39. The molecule has 0 aliphatic carbocycles. The van der Waals surface area contributed by atoms with Crippen molar-refractivity contribution in [3.8, 4) is 0 Å². The summed E-state index contributed by atoms with van der Waals surface area (Å²) >= 11 is 0. The van der Waals surface area contributed by atoms with Crippen molar-refractivity contribution in [3.63, 3.8) is 0 Å². The van der Waals surface area contributed by atoms with Crippen molar-refractivity contribution in [1.82, 2.24) is 0 Å². The van der Waals surface area contributed by atoms with Crippen molar-refractivity contribution in [2.24, 2.45) is 11.3 Å². The van der Waals surface area contributed by atoms with E-state index in [4.69, 9.17) is 9.99 Å². The fourth-order valence-electron chi connectivity index (χ4n) is 1.85. The van der Waals surface area contributed by atoms with Gasteiger partial charge in [0.25, 0.3) is 0 Å². The van der Waals surface area contributed by atoms with E-state index in [-0.39, 0.29) is 11.3 Å². The molecule has 0 aliphatic heterocycles. The minimum absolute atomic E-state index is 0.0749. The number of hydrogen-bond donors (Lipinski definition) is 1. The molecule has 2 atom stereocenters. The zero-order chi connectivity index (χ0) is 13.5. The second-order valence-electron chi connectivity index (χ2n) is 5.79. The highest BCUT2D eigenvalue weighted by molar-refractivity contribution is 5.74. The maximum absolute atomic E-state index is 11.7. The van der Waals surface area contributed by atoms with Crippen LogP contribution in [0.15, 0.2) is 0 Å². The van der Waals surface area contributed by atoms with Crippen LogP contribution in [0.2, 0.25) is 0 Å². The van der Waals surface area contributed by atoms with E-state index in [1.807, 2.05) is 13.8 Å². The van der Waals surface area contributed by atoms with Crippen LogP contribution in [0.3, 0.4) is 0 Å². The topological polar surface area (TPSA) is 55.8 Å². The first-order valence-corrected chi connectivity index (χ1v) is 6.28. The third-order valence-electron chi connectivity index (χ3n) is 2.54. The Bertz CT molecular complexity index is 220. The van der Waals surface area contributed by atoms with Crippen LogP contribution in [0.1, 0.15) is 53.9 Å². The van der Waals surface area contributed by atoms with Crippen molar-refractivity contribution >= 4 is 5.97 Å². The van der Waals surface area contributed by atoms with E-state index >= 15 is 0 Å². The van der Waals surface area contributed by atoms with Gasteiger partial charge < -0.3 is 4.74 Å². The third-order valence-corrected chi connectivity index (χ3v) is 2.54. The van der Waals surface area contributed by atoms with Crippen LogP contribution in [0.5, 0.6) is 0 Å². The van der Waals surface area contributed by atoms with E-state index < -0.39 is 12.1 Å². The van der Waals surface area contributed by atoms with Crippen LogP contribution in [0, 0.1) is 11.3 Å². The Morgan fingerprint density at radius 2 is 1.94 bits per heavy atom. The molecule has 0 aromatic rings. The first-order chi connectivity index (χ1) is 7.81. The number of esters is 1. The molecule has 0 aliphatic rings. The highest BCUT2D eigenvalue weighted by atomic mass is 17.1. The maximum atomic E-state index is 11.7. The first-order valence-electron chi connectivity index (χ1n) is 6.28. The molecular formula is C13H26O4. The van der Waals surface area contributed by atoms with Gasteiger partial charge in [-0.15, -0.1) is 0 Å². The zero-order valence-electron chi connectivity index (χ0n) is 11.7. The van der Waals surface area contributed by atoms with Crippen molar-refractivity contribution in [2.45, 2.75) is 60.0 Å².